The van der Waals surface area contributed by atoms with Crippen LogP contribution < -0.4 is 4.90 Å². The summed E-state index contributed by atoms with van der Waals surface area (Å²) >= 11 is 0. The van der Waals surface area contributed by atoms with E-state index in [0.717, 1.165) is 13.0 Å². The molecule has 2 aliphatic heterocycles. The molecule has 46 heavy (non-hydrogen) atoms. The lowest BCUT2D eigenvalue weighted by molar-refractivity contribution is -0.438. The predicted molar refractivity (Wildman–Crippen MR) is 198 cm³/mol. The second-order valence-electron chi connectivity index (χ2n) is 14.1. The second kappa shape index (κ2) is 12.1. The van der Waals surface area contributed by atoms with E-state index in [9.17, 15) is 0 Å². The lowest BCUT2D eigenvalue weighted by Gasteiger charge is -2.29. The van der Waals surface area contributed by atoms with Crippen LogP contribution in [0.4, 0.5) is 11.4 Å². The van der Waals surface area contributed by atoms with Crippen LogP contribution in [0.5, 0.6) is 0 Å². The maximum atomic E-state index is 2.62. The number of fused-ring (bicyclic) bond motifs is 5. The van der Waals surface area contributed by atoms with Crippen LogP contribution in [0.25, 0.3) is 21.5 Å². The molecule has 1 unspecified atom stereocenters. The Balaban J connectivity index is 1.34. The number of likely N-dealkylation sites (N-methyl/N-ethyl adjacent to an activating group) is 1. The van der Waals surface area contributed by atoms with Crippen LogP contribution in [0, 0.1) is 0 Å². The molecular formula is C44H47N2+. The second-order valence-corrected chi connectivity index (χ2v) is 14.1. The van der Waals surface area contributed by atoms with Gasteiger partial charge in [0.2, 0.25) is 5.69 Å². The molecule has 0 aliphatic carbocycles. The molecule has 2 heteroatoms. The molecule has 0 N–H and O–H groups in total. The Morgan fingerprint density at radius 3 is 2.20 bits per heavy atom. The fraction of sp³-hybridized carbons (Fsp3) is 0.295. The average molecular weight is 604 g/mol. The molecule has 0 radical (unpaired) electrons. The minimum Gasteiger partial charge on any atom is -0.347 e. The number of allylic oxidation sites excluding steroid dienone is 4. The standard InChI is InChI=1S/C44H47N2/c1-6-7-8-16-28-46-39-30-35-22-13-12-21-34(35)29-37(39)43(2,3)40(46)24-17-25-41-44(4,31-32-18-10-9-11-19-32)42-36-23-15-14-20-33(36)26-27-38(42)45(41)5/h9-15,17-27,29-30H,6-8,16,28,31H2,1-5H3/q+1. The fourth-order valence-electron chi connectivity index (χ4n) is 8.25. The van der Waals surface area contributed by atoms with Gasteiger partial charge in [-0.25, -0.2) is 0 Å². The van der Waals surface area contributed by atoms with E-state index in [-0.39, 0.29) is 10.8 Å². The van der Waals surface area contributed by atoms with Crippen molar-refractivity contribution in [2.24, 2.45) is 0 Å². The molecule has 5 aromatic carbocycles. The summed E-state index contributed by atoms with van der Waals surface area (Å²) in [5.74, 6) is 0. The van der Waals surface area contributed by atoms with E-state index < -0.39 is 0 Å². The van der Waals surface area contributed by atoms with Crippen LogP contribution in [-0.4, -0.2) is 23.9 Å². The molecular weight excluding hydrogens is 556 g/mol. The molecule has 7 rings (SSSR count). The van der Waals surface area contributed by atoms with E-state index >= 15 is 0 Å². The van der Waals surface area contributed by atoms with Crippen molar-refractivity contribution < 1.29 is 4.58 Å². The number of anilines is 1. The van der Waals surface area contributed by atoms with Gasteiger partial charge in [-0.15, -0.1) is 0 Å². The molecule has 0 bridgehead atoms. The van der Waals surface area contributed by atoms with E-state index in [1.165, 1.54) is 86.7 Å². The molecule has 0 spiro atoms. The molecule has 232 valence electrons. The van der Waals surface area contributed by atoms with Crippen LogP contribution in [0.1, 0.15) is 70.1 Å². The third-order valence-electron chi connectivity index (χ3n) is 10.7. The van der Waals surface area contributed by atoms with Gasteiger partial charge in [-0.05, 0) is 84.5 Å². The monoisotopic (exact) mass is 603 g/mol. The van der Waals surface area contributed by atoms with E-state index in [1.54, 1.807) is 0 Å². The molecule has 0 aromatic heterocycles. The number of rotatable bonds is 9. The first kappa shape index (κ1) is 30.2. The minimum absolute atomic E-state index is 0.0901. The summed E-state index contributed by atoms with van der Waals surface area (Å²) in [6, 6.07) is 38.2. The van der Waals surface area contributed by atoms with Crippen molar-refractivity contribution in [1.82, 2.24) is 0 Å². The van der Waals surface area contributed by atoms with Crippen molar-refractivity contribution in [2.45, 2.75) is 70.6 Å². The number of hydrogen-bond donors (Lipinski definition) is 0. The van der Waals surface area contributed by atoms with Crippen molar-refractivity contribution in [3.63, 3.8) is 0 Å². The Bertz CT molecular complexity index is 2010. The number of hydrogen-bond acceptors (Lipinski definition) is 1. The fourth-order valence-corrected chi connectivity index (χ4v) is 8.25. The SMILES string of the molecule is CCCCCC[N+]1=C(C=CC=C2N(C)c3ccc4ccccc4c3C2(C)Cc2ccccc2)C(C)(C)c2cc3ccccc3cc21. The normalized spacial score (nSPS) is 19.6. The highest BCUT2D eigenvalue weighted by molar-refractivity contribution is 6.05. The van der Waals surface area contributed by atoms with E-state index in [4.69, 9.17) is 0 Å². The Morgan fingerprint density at radius 1 is 0.739 bits per heavy atom. The Morgan fingerprint density at radius 2 is 1.43 bits per heavy atom. The number of nitrogens with zero attached hydrogens (tertiary/aromatic N) is 2. The van der Waals surface area contributed by atoms with Crippen molar-refractivity contribution in [1.29, 1.82) is 0 Å². The Kier molecular flexibility index (Phi) is 7.93. The zero-order chi connectivity index (χ0) is 31.9. The zero-order valence-corrected chi connectivity index (χ0v) is 28.2. The molecule has 0 amide bonds. The minimum atomic E-state index is -0.174. The average Bonchev–Trinajstić information content (AvgIpc) is 3.40. The van der Waals surface area contributed by atoms with Gasteiger partial charge in [-0.1, -0.05) is 111 Å². The van der Waals surface area contributed by atoms with Crippen LogP contribution in [0.15, 0.2) is 127 Å². The predicted octanol–water partition coefficient (Wildman–Crippen LogP) is 11.0. The van der Waals surface area contributed by atoms with E-state index in [0.29, 0.717) is 0 Å². The molecule has 5 aromatic rings. The highest BCUT2D eigenvalue weighted by Gasteiger charge is 2.45. The number of unbranched alkanes of at least 4 members (excludes halogenated alkanes) is 3. The van der Waals surface area contributed by atoms with Crippen molar-refractivity contribution in [3.8, 4) is 0 Å². The maximum Gasteiger partial charge on any atom is 0.210 e. The molecule has 0 saturated carbocycles. The van der Waals surface area contributed by atoms with Crippen molar-refractivity contribution >= 4 is 38.6 Å². The van der Waals surface area contributed by atoms with Gasteiger partial charge in [-0.2, -0.15) is 4.58 Å². The summed E-state index contributed by atoms with van der Waals surface area (Å²) < 4.78 is 2.62. The van der Waals surface area contributed by atoms with Crippen LogP contribution in [-0.2, 0) is 17.3 Å². The Hall–Kier alpha value is -4.43. The molecule has 2 nitrogen and oxygen atoms in total. The van der Waals surface area contributed by atoms with Gasteiger partial charge in [0.25, 0.3) is 0 Å². The summed E-state index contributed by atoms with van der Waals surface area (Å²) in [6.07, 6.45) is 13.1. The lowest BCUT2D eigenvalue weighted by atomic mass is 9.74. The third kappa shape index (κ3) is 5.09. The molecule has 0 saturated heterocycles. The first-order valence-electron chi connectivity index (χ1n) is 17.2. The first-order chi connectivity index (χ1) is 22.3. The molecule has 2 heterocycles. The Labute approximate surface area is 275 Å². The van der Waals surface area contributed by atoms with Gasteiger partial charge in [0, 0.05) is 48.0 Å². The number of benzene rings is 5. The first-order valence-corrected chi connectivity index (χ1v) is 17.2. The molecule has 0 fully saturated rings. The summed E-state index contributed by atoms with van der Waals surface area (Å²) in [5, 5.41) is 5.29. The van der Waals surface area contributed by atoms with Crippen LogP contribution >= 0.6 is 0 Å². The van der Waals surface area contributed by atoms with E-state index in [1.807, 2.05) is 0 Å². The highest BCUT2D eigenvalue weighted by atomic mass is 15.2. The van der Waals surface area contributed by atoms with Gasteiger partial charge in [0.1, 0.15) is 6.54 Å². The van der Waals surface area contributed by atoms with Gasteiger partial charge in [-0.3, -0.25) is 0 Å². The topological polar surface area (TPSA) is 6.25 Å². The largest absolute Gasteiger partial charge is 0.347 e. The van der Waals surface area contributed by atoms with Crippen molar-refractivity contribution in [2.75, 3.05) is 18.5 Å². The van der Waals surface area contributed by atoms with Gasteiger partial charge < -0.3 is 4.90 Å². The molecule has 1 atom stereocenters. The van der Waals surface area contributed by atoms with Crippen LogP contribution in [0.3, 0.4) is 0 Å². The highest BCUT2D eigenvalue weighted by Crippen LogP contribution is 2.52. The summed E-state index contributed by atoms with van der Waals surface area (Å²) in [6.45, 7) is 10.6. The van der Waals surface area contributed by atoms with Gasteiger partial charge in [0.05, 0.1) is 5.41 Å². The van der Waals surface area contributed by atoms with Crippen LogP contribution in [0.2, 0.25) is 0 Å². The van der Waals surface area contributed by atoms with E-state index in [2.05, 4.69) is 166 Å². The smallest absolute Gasteiger partial charge is 0.210 e. The van der Waals surface area contributed by atoms with Gasteiger partial charge in [0.15, 0.2) is 5.71 Å². The summed E-state index contributed by atoms with van der Waals surface area (Å²) in [5.41, 5.74) is 9.37. The quantitative estimate of drug-likeness (QED) is 0.120. The molecule has 2 aliphatic rings. The van der Waals surface area contributed by atoms with Crippen molar-refractivity contribution in [3.05, 3.63) is 144 Å². The third-order valence-corrected chi connectivity index (χ3v) is 10.7. The van der Waals surface area contributed by atoms with Gasteiger partial charge >= 0.3 is 0 Å². The zero-order valence-electron chi connectivity index (χ0n) is 28.2. The summed E-state index contributed by atoms with van der Waals surface area (Å²) in [4.78, 5) is 2.43. The maximum absolute atomic E-state index is 2.62. The summed E-state index contributed by atoms with van der Waals surface area (Å²) in [7, 11) is 2.25. The lowest BCUT2D eigenvalue weighted by Crippen LogP contribution is -2.29.